The number of carbonyl (C=O) groups is 3. The quantitative estimate of drug-likeness (QED) is 0.528. The van der Waals surface area contributed by atoms with Crippen molar-refractivity contribution >= 4 is 39.9 Å². The number of aliphatic hydroxyl groups excluding tert-OH is 1. The van der Waals surface area contributed by atoms with E-state index in [0.717, 1.165) is 5.01 Å². The van der Waals surface area contributed by atoms with Crippen LogP contribution in [0.4, 0.5) is 10.8 Å². The van der Waals surface area contributed by atoms with E-state index in [1.54, 1.807) is 24.3 Å². The molecule has 3 N–H and O–H groups in total. The number of rotatable bonds is 8. The molecule has 1 aromatic carbocycles. The first-order valence-corrected chi connectivity index (χ1v) is 10.0. The Balaban J connectivity index is 1.88. The number of esters is 1. The molecule has 0 spiro atoms. The Kier molecular flexibility index (Phi) is 6.75. The summed E-state index contributed by atoms with van der Waals surface area (Å²) in [5, 5.41) is 23.8. The van der Waals surface area contributed by atoms with Crippen molar-refractivity contribution in [2.75, 3.05) is 37.4 Å². The van der Waals surface area contributed by atoms with Crippen molar-refractivity contribution in [1.82, 2.24) is 15.1 Å². The monoisotopic (exact) mass is 431 g/mol. The van der Waals surface area contributed by atoms with Gasteiger partial charge in [0.2, 0.25) is 5.13 Å². The third-order valence-electron chi connectivity index (χ3n) is 4.37. The van der Waals surface area contributed by atoms with Crippen molar-refractivity contribution in [3.63, 3.8) is 0 Å². The Bertz CT molecular complexity index is 1000. The summed E-state index contributed by atoms with van der Waals surface area (Å²) in [6, 6.07) is 6.59. The van der Waals surface area contributed by atoms with E-state index in [-0.39, 0.29) is 36.5 Å². The van der Waals surface area contributed by atoms with Gasteiger partial charge >= 0.3 is 5.97 Å². The molecule has 1 aromatic heterocycles. The number of hydrogen-bond acceptors (Lipinski definition) is 9. The molecule has 0 saturated carbocycles. The van der Waals surface area contributed by atoms with Gasteiger partial charge in [-0.1, -0.05) is 30.4 Å². The number of nitrogens with zero attached hydrogens (tertiary/aromatic N) is 3. The summed E-state index contributed by atoms with van der Waals surface area (Å²) >= 11 is 1.28. The second-order valence-electron chi connectivity index (χ2n) is 6.27. The molecular formula is C19H21N5O5S. The van der Waals surface area contributed by atoms with Crippen molar-refractivity contribution in [3.05, 3.63) is 46.1 Å². The maximum absolute atomic E-state index is 12.8. The van der Waals surface area contributed by atoms with Crippen LogP contribution in [0.5, 0.6) is 0 Å². The second-order valence-corrected chi connectivity index (χ2v) is 7.34. The van der Waals surface area contributed by atoms with Crippen LogP contribution in [0.2, 0.25) is 0 Å². The molecule has 0 unspecified atom stereocenters. The zero-order valence-corrected chi connectivity index (χ0v) is 17.3. The fourth-order valence-corrected chi connectivity index (χ4v) is 3.56. The van der Waals surface area contributed by atoms with Crippen LogP contribution in [0.3, 0.4) is 0 Å². The van der Waals surface area contributed by atoms with E-state index in [9.17, 15) is 14.4 Å². The van der Waals surface area contributed by atoms with Gasteiger partial charge in [-0.25, -0.2) is 4.79 Å². The number of aromatic nitrogens is 2. The molecule has 1 aliphatic heterocycles. The highest BCUT2D eigenvalue weighted by Gasteiger charge is 2.35. The van der Waals surface area contributed by atoms with Crippen LogP contribution in [0, 0.1) is 0 Å². The minimum atomic E-state index is -0.658. The van der Waals surface area contributed by atoms with E-state index < -0.39 is 17.8 Å². The molecule has 0 bridgehead atoms. The Morgan fingerprint density at radius 1 is 1.30 bits per heavy atom. The lowest BCUT2D eigenvalue weighted by atomic mass is 10.1. The molecule has 0 fully saturated rings. The van der Waals surface area contributed by atoms with Crippen LogP contribution in [0.15, 0.2) is 35.5 Å². The lowest BCUT2D eigenvalue weighted by molar-refractivity contribution is -0.136. The molecule has 3 rings (SSSR count). The molecular weight excluding hydrogens is 410 g/mol. The van der Waals surface area contributed by atoms with Gasteiger partial charge in [-0.15, -0.1) is 10.2 Å². The van der Waals surface area contributed by atoms with Gasteiger partial charge in [-0.3, -0.25) is 14.9 Å². The number of para-hydroxylation sites is 1. The first-order valence-electron chi connectivity index (χ1n) is 9.19. The standard InChI is InChI=1S/C19H21N5O5S/c1-3-14-22-23-19(30-14)21-16(26)11-6-4-5-7-13(11)20-15-12(18(28)29-2)10-24(8-9-25)17(15)27/h4-7,20,25H,3,8-10H2,1-2H3,(H,21,23,26). The summed E-state index contributed by atoms with van der Waals surface area (Å²) in [6.45, 7) is 1.78. The molecule has 0 saturated heterocycles. The summed E-state index contributed by atoms with van der Waals surface area (Å²) in [7, 11) is 1.22. The summed E-state index contributed by atoms with van der Waals surface area (Å²) in [4.78, 5) is 39.0. The number of benzene rings is 1. The maximum Gasteiger partial charge on any atom is 0.337 e. The van der Waals surface area contributed by atoms with Crippen LogP contribution in [-0.4, -0.2) is 64.8 Å². The number of aliphatic hydroxyl groups is 1. The Morgan fingerprint density at radius 3 is 2.73 bits per heavy atom. The van der Waals surface area contributed by atoms with Gasteiger partial charge in [0.1, 0.15) is 10.7 Å². The van der Waals surface area contributed by atoms with Crippen LogP contribution in [-0.2, 0) is 20.7 Å². The van der Waals surface area contributed by atoms with Gasteiger partial charge in [0.15, 0.2) is 0 Å². The maximum atomic E-state index is 12.8. The molecule has 2 aromatic rings. The van der Waals surface area contributed by atoms with Gasteiger partial charge in [-0.2, -0.15) is 0 Å². The molecule has 10 nitrogen and oxygen atoms in total. The first-order chi connectivity index (χ1) is 14.5. The predicted octanol–water partition coefficient (Wildman–Crippen LogP) is 1.03. The molecule has 30 heavy (non-hydrogen) atoms. The topological polar surface area (TPSA) is 134 Å². The number of β-amino-alcohol motifs (C(OH)–C–C–N with tert-alkyl or cyclic N) is 1. The highest BCUT2D eigenvalue weighted by atomic mass is 32.1. The SMILES string of the molecule is CCc1nnc(NC(=O)c2ccccc2NC2=C(C(=O)OC)CN(CCO)C2=O)s1. The number of amides is 2. The van der Waals surface area contributed by atoms with E-state index in [1.807, 2.05) is 6.92 Å². The van der Waals surface area contributed by atoms with Gasteiger partial charge in [-0.05, 0) is 18.6 Å². The van der Waals surface area contributed by atoms with Crippen LogP contribution in [0.25, 0.3) is 0 Å². The second kappa shape index (κ2) is 9.46. The lowest BCUT2D eigenvalue weighted by Crippen LogP contribution is -2.31. The van der Waals surface area contributed by atoms with Crippen molar-refractivity contribution in [2.24, 2.45) is 0 Å². The number of ether oxygens (including phenoxy) is 1. The zero-order chi connectivity index (χ0) is 21.7. The smallest absolute Gasteiger partial charge is 0.337 e. The third-order valence-corrected chi connectivity index (χ3v) is 5.36. The largest absolute Gasteiger partial charge is 0.466 e. The summed E-state index contributed by atoms with van der Waals surface area (Å²) in [6.07, 6.45) is 0.711. The normalized spacial score (nSPS) is 13.6. The molecule has 0 atom stereocenters. The number of carbonyl (C=O) groups excluding carboxylic acids is 3. The highest BCUT2D eigenvalue weighted by Crippen LogP contribution is 2.26. The van der Waals surface area contributed by atoms with E-state index in [4.69, 9.17) is 9.84 Å². The number of aryl methyl sites for hydroxylation is 1. The van der Waals surface area contributed by atoms with Crippen LogP contribution < -0.4 is 10.6 Å². The molecule has 2 heterocycles. The summed E-state index contributed by atoms with van der Waals surface area (Å²) < 4.78 is 4.78. The van der Waals surface area contributed by atoms with E-state index >= 15 is 0 Å². The molecule has 1 aliphatic rings. The van der Waals surface area contributed by atoms with Gasteiger partial charge in [0.25, 0.3) is 11.8 Å². The van der Waals surface area contributed by atoms with Crippen LogP contribution >= 0.6 is 11.3 Å². The molecule has 0 radical (unpaired) electrons. The fourth-order valence-electron chi connectivity index (χ4n) is 2.89. The minimum Gasteiger partial charge on any atom is -0.466 e. The Hall–Kier alpha value is -3.31. The third kappa shape index (κ3) is 4.47. The lowest BCUT2D eigenvalue weighted by Gasteiger charge is -2.16. The number of hydrogen-bond donors (Lipinski definition) is 3. The van der Waals surface area contributed by atoms with Gasteiger partial charge < -0.3 is 20.1 Å². The molecule has 11 heteroatoms. The van der Waals surface area contributed by atoms with E-state index in [2.05, 4.69) is 20.8 Å². The highest BCUT2D eigenvalue weighted by molar-refractivity contribution is 7.15. The predicted molar refractivity (Wildman–Crippen MR) is 110 cm³/mol. The number of anilines is 2. The number of nitrogens with one attached hydrogen (secondary N) is 2. The summed E-state index contributed by atoms with van der Waals surface area (Å²) in [5.41, 5.74) is 0.740. The zero-order valence-electron chi connectivity index (χ0n) is 16.5. The van der Waals surface area contributed by atoms with Gasteiger partial charge in [0, 0.05) is 6.54 Å². The van der Waals surface area contributed by atoms with Crippen molar-refractivity contribution in [3.8, 4) is 0 Å². The molecule has 0 aliphatic carbocycles. The Labute approximate surface area is 176 Å². The van der Waals surface area contributed by atoms with Crippen molar-refractivity contribution < 1.29 is 24.2 Å². The summed E-state index contributed by atoms with van der Waals surface area (Å²) in [5.74, 6) is -1.56. The van der Waals surface area contributed by atoms with E-state index in [1.165, 1.54) is 23.3 Å². The average molecular weight is 431 g/mol. The first kappa shape index (κ1) is 21.4. The van der Waals surface area contributed by atoms with Crippen molar-refractivity contribution in [2.45, 2.75) is 13.3 Å². The Morgan fingerprint density at radius 2 is 2.07 bits per heavy atom. The molecule has 158 valence electrons. The average Bonchev–Trinajstić information content (AvgIpc) is 3.33. The fraction of sp³-hybridized carbons (Fsp3) is 0.316. The number of methoxy groups -OCH3 is 1. The van der Waals surface area contributed by atoms with Crippen molar-refractivity contribution in [1.29, 1.82) is 0 Å². The van der Waals surface area contributed by atoms with Gasteiger partial charge in [0.05, 0.1) is 37.1 Å². The molecule has 2 amide bonds. The van der Waals surface area contributed by atoms with E-state index in [0.29, 0.717) is 17.2 Å². The minimum absolute atomic E-state index is 0.00728. The van der Waals surface area contributed by atoms with Crippen LogP contribution in [0.1, 0.15) is 22.3 Å².